The summed E-state index contributed by atoms with van der Waals surface area (Å²) in [4.78, 5) is 0. The molecule has 2 nitrogen and oxygen atoms in total. The van der Waals surface area contributed by atoms with E-state index in [2.05, 4.69) is 6.92 Å². The summed E-state index contributed by atoms with van der Waals surface area (Å²) in [5.74, 6) is 1.14. The van der Waals surface area contributed by atoms with E-state index in [0.29, 0.717) is 5.92 Å². The highest BCUT2D eigenvalue weighted by molar-refractivity contribution is 5.39. The summed E-state index contributed by atoms with van der Waals surface area (Å²) in [5, 5.41) is 0. The molecule has 0 bridgehead atoms. The molecule has 1 aromatic rings. The number of ether oxygens (including phenoxy) is 1. The van der Waals surface area contributed by atoms with Crippen LogP contribution in [0, 0.1) is 11.7 Å². The van der Waals surface area contributed by atoms with Crippen LogP contribution in [0.25, 0.3) is 0 Å². The fraction of sp³-hybridized carbons (Fsp3) is 0.538. The van der Waals surface area contributed by atoms with Crippen molar-refractivity contribution in [3.05, 3.63) is 29.6 Å². The Morgan fingerprint density at radius 3 is 2.88 bits per heavy atom. The zero-order valence-electron chi connectivity index (χ0n) is 9.37. The van der Waals surface area contributed by atoms with Crippen LogP contribution in [0.3, 0.4) is 0 Å². The van der Waals surface area contributed by atoms with E-state index in [1.54, 1.807) is 6.07 Å². The number of hydrogen-bond donors (Lipinski definition) is 1. The Labute approximate surface area is 94.6 Å². The predicted octanol–water partition coefficient (Wildman–Crippen LogP) is 2.78. The molecule has 16 heavy (non-hydrogen) atoms. The van der Waals surface area contributed by atoms with Crippen LogP contribution < -0.4 is 10.5 Å². The number of benzene rings is 1. The molecule has 0 saturated heterocycles. The van der Waals surface area contributed by atoms with Gasteiger partial charge in [-0.25, -0.2) is 4.39 Å². The van der Waals surface area contributed by atoms with Crippen molar-refractivity contribution in [2.75, 3.05) is 0 Å². The number of hydrogen-bond acceptors (Lipinski definition) is 2. The quantitative estimate of drug-likeness (QED) is 0.791. The standard InChI is InChI=1S/C13H16FNO/c1-13(8-2-3-8)7-11(15)10-6-9(14)4-5-12(10)16-13/h4-6,8,11H,2-3,7,15H2,1H3. The Morgan fingerprint density at radius 2 is 2.19 bits per heavy atom. The molecule has 2 atom stereocenters. The summed E-state index contributed by atoms with van der Waals surface area (Å²) >= 11 is 0. The van der Waals surface area contributed by atoms with Gasteiger partial charge in [0.1, 0.15) is 17.2 Å². The van der Waals surface area contributed by atoms with Gasteiger partial charge < -0.3 is 10.5 Å². The third kappa shape index (κ3) is 1.50. The largest absolute Gasteiger partial charge is 0.487 e. The molecule has 1 fully saturated rings. The van der Waals surface area contributed by atoms with Crippen LogP contribution in [0.5, 0.6) is 5.75 Å². The molecule has 0 radical (unpaired) electrons. The summed E-state index contributed by atoms with van der Waals surface area (Å²) in [5.41, 5.74) is 6.76. The number of fused-ring (bicyclic) bond motifs is 1. The van der Waals surface area contributed by atoms with Gasteiger partial charge >= 0.3 is 0 Å². The van der Waals surface area contributed by atoms with Crippen LogP contribution in [0.4, 0.5) is 4.39 Å². The van der Waals surface area contributed by atoms with Crippen LogP contribution in [-0.4, -0.2) is 5.60 Å². The summed E-state index contributed by atoms with van der Waals surface area (Å²) in [7, 11) is 0. The Kier molecular flexibility index (Phi) is 2.02. The van der Waals surface area contributed by atoms with Crippen LogP contribution >= 0.6 is 0 Å². The highest BCUT2D eigenvalue weighted by Gasteiger charge is 2.47. The van der Waals surface area contributed by atoms with E-state index in [1.807, 2.05) is 0 Å². The second-order valence-electron chi connectivity index (χ2n) is 5.18. The van der Waals surface area contributed by atoms with Gasteiger partial charge in [-0.2, -0.15) is 0 Å². The van der Waals surface area contributed by atoms with Gasteiger partial charge in [0.2, 0.25) is 0 Å². The van der Waals surface area contributed by atoms with Gasteiger partial charge in [-0.05, 0) is 43.9 Å². The third-order valence-electron chi connectivity index (χ3n) is 3.78. The molecule has 1 aromatic carbocycles. The Morgan fingerprint density at radius 1 is 1.44 bits per heavy atom. The Bertz CT molecular complexity index is 430. The second-order valence-corrected chi connectivity index (χ2v) is 5.18. The molecule has 1 saturated carbocycles. The lowest BCUT2D eigenvalue weighted by Crippen LogP contribution is -2.42. The van der Waals surface area contributed by atoms with E-state index in [-0.39, 0.29) is 17.5 Å². The van der Waals surface area contributed by atoms with E-state index in [0.717, 1.165) is 17.7 Å². The molecule has 0 spiro atoms. The lowest BCUT2D eigenvalue weighted by atomic mass is 9.85. The summed E-state index contributed by atoms with van der Waals surface area (Å²) in [6, 6.07) is 4.52. The fourth-order valence-corrected chi connectivity index (χ4v) is 2.69. The van der Waals surface area contributed by atoms with Crippen LogP contribution in [0.2, 0.25) is 0 Å². The first kappa shape index (κ1) is 10.1. The molecule has 3 heteroatoms. The molecule has 1 aliphatic carbocycles. The van der Waals surface area contributed by atoms with Crippen molar-refractivity contribution in [2.24, 2.45) is 11.7 Å². The van der Waals surface area contributed by atoms with E-state index >= 15 is 0 Å². The lowest BCUT2D eigenvalue weighted by molar-refractivity contribution is 0.0322. The molecule has 2 aliphatic rings. The van der Waals surface area contributed by atoms with Gasteiger partial charge in [0.15, 0.2) is 0 Å². The molecule has 2 unspecified atom stereocenters. The van der Waals surface area contributed by atoms with Gasteiger partial charge in [-0.3, -0.25) is 0 Å². The predicted molar refractivity (Wildman–Crippen MR) is 59.7 cm³/mol. The number of nitrogens with two attached hydrogens (primary N) is 1. The first-order valence-electron chi connectivity index (χ1n) is 5.82. The van der Waals surface area contributed by atoms with E-state index in [9.17, 15) is 4.39 Å². The first-order chi connectivity index (χ1) is 7.58. The molecular formula is C13H16FNO. The maximum absolute atomic E-state index is 13.1. The van der Waals surface area contributed by atoms with Crippen molar-refractivity contribution in [3.8, 4) is 5.75 Å². The molecule has 1 heterocycles. The molecule has 86 valence electrons. The summed E-state index contributed by atoms with van der Waals surface area (Å²) < 4.78 is 19.1. The maximum Gasteiger partial charge on any atom is 0.125 e. The smallest absolute Gasteiger partial charge is 0.125 e. The minimum Gasteiger partial charge on any atom is -0.487 e. The van der Waals surface area contributed by atoms with Gasteiger partial charge in [-0.15, -0.1) is 0 Å². The van der Waals surface area contributed by atoms with E-state index in [4.69, 9.17) is 10.5 Å². The summed E-state index contributed by atoms with van der Waals surface area (Å²) in [6.45, 7) is 2.12. The van der Waals surface area contributed by atoms with Crippen LogP contribution in [-0.2, 0) is 0 Å². The minimum atomic E-state index is -0.243. The lowest BCUT2D eigenvalue weighted by Gasteiger charge is -2.39. The summed E-state index contributed by atoms with van der Waals surface area (Å²) in [6.07, 6.45) is 3.23. The highest BCUT2D eigenvalue weighted by atomic mass is 19.1. The maximum atomic E-state index is 13.1. The molecule has 1 aliphatic heterocycles. The zero-order valence-corrected chi connectivity index (χ0v) is 9.37. The Balaban J connectivity index is 1.99. The zero-order chi connectivity index (χ0) is 11.3. The monoisotopic (exact) mass is 221 g/mol. The second kappa shape index (κ2) is 3.20. The normalized spacial score (nSPS) is 33.1. The molecule has 2 N–H and O–H groups in total. The molecule has 3 rings (SSSR count). The van der Waals surface area contributed by atoms with Gasteiger partial charge in [0, 0.05) is 18.0 Å². The van der Waals surface area contributed by atoms with Crippen molar-refractivity contribution in [1.82, 2.24) is 0 Å². The van der Waals surface area contributed by atoms with E-state index < -0.39 is 0 Å². The van der Waals surface area contributed by atoms with Crippen LogP contribution in [0.1, 0.15) is 37.8 Å². The molecule has 0 aromatic heterocycles. The van der Waals surface area contributed by atoms with Gasteiger partial charge in [-0.1, -0.05) is 0 Å². The third-order valence-corrected chi connectivity index (χ3v) is 3.78. The van der Waals surface area contributed by atoms with Crippen LogP contribution in [0.15, 0.2) is 18.2 Å². The topological polar surface area (TPSA) is 35.2 Å². The minimum absolute atomic E-state index is 0.106. The number of halogens is 1. The van der Waals surface area contributed by atoms with Crippen molar-refractivity contribution in [3.63, 3.8) is 0 Å². The van der Waals surface area contributed by atoms with Crippen molar-refractivity contribution in [1.29, 1.82) is 0 Å². The average Bonchev–Trinajstić information content (AvgIpc) is 3.03. The van der Waals surface area contributed by atoms with Crippen molar-refractivity contribution < 1.29 is 9.13 Å². The van der Waals surface area contributed by atoms with Gasteiger partial charge in [0.25, 0.3) is 0 Å². The Hall–Kier alpha value is -1.09. The number of rotatable bonds is 1. The molecular weight excluding hydrogens is 205 g/mol. The SMILES string of the molecule is CC1(C2CC2)CC(N)c2cc(F)ccc2O1. The van der Waals surface area contributed by atoms with Crippen molar-refractivity contribution >= 4 is 0 Å². The average molecular weight is 221 g/mol. The van der Waals surface area contributed by atoms with Gasteiger partial charge in [0.05, 0.1) is 0 Å². The first-order valence-corrected chi connectivity index (χ1v) is 5.82. The van der Waals surface area contributed by atoms with E-state index in [1.165, 1.54) is 25.0 Å². The molecule has 0 amide bonds. The highest BCUT2D eigenvalue weighted by Crippen LogP contribution is 2.49. The fourth-order valence-electron chi connectivity index (χ4n) is 2.69. The van der Waals surface area contributed by atoms with Crippen molar-refractivity contribution in [2.45, 2.75) is 37.8 Å².